The quantitative estimate of drug-likeness (QED) is 0.165. The van der Waals surface area contributed by atoms with E-state index in [2.05, 4.69) is 56.7 Å². The first kappa shape index (κ1) is 25.7. The van der Waals surface area contributed by atoms with Crippen LogP contribution >= 0.6 is 0 Å². The third kappa shape index (κ3) is 8.46. The Morgan fingerprint density at radius 3 is 2.22 bits per heavy atom. The van der Waals surface area contributed by atoms with E-state index in [1.54, 1.807) is 54.6 Å². The monoisotopic (exact) mass is 902 g/mol. The summed E-state index contributed by atoms with van der Waals surface area (Å²) in [5.74, 6) is -0.935. The van der Waals surface area contributed by atoms with Gasteiger partial charge in [0.05, 0.1) is 5.58 Å². The first-order valence-corrected chi connectivity index (χ1v) is 18.0. The van der Waals surface area contributed by atoms with Gasteiger partial charge in [0, 0.05) is 55.7 Å². The fraction of sp³-hybridized carbons (Fsp3) is 0.320. The van der Waals surface area contributed by atoms with Gasteiger partial charge in [0.1, 0.15) is 5.58 Å². The Morgan fingerprint density at radius 2 is 1.54 bits per heavy atom. The van der Waals surface area contributed by atoms with Crippen molar-refractivity contribution in [2.75, 3.05) is 0 Å². The molecule has 1 fully saturated rings. The maximum Gasteiger partial charge on any atom is 0.121 e. The Balaban J connectivity index is 0.000000296. The molecular weight excluding hydrogens is 837 g/mol. The molecule has 3 aromatic heterocycles. The zero-order valence-electron chi connectivity index (χ0n) is 44.2. The summed E-state index contributed by atoms with van der Waals surface area (Å²) >= 11 is 0. The molecule has 1 aliphatic carbocycles. The maximum absolute atomic E-state index is 9.24. The van der Waals surface area contributed by atoms with Crippen LogP contribution in [0, 0.1) is 45.0 Å². The van der Waals surface area contributed by atoms with Gasteiger partial charge in [-0.1, -0.05) is 101 Å². The van der Waals surface area contributed by atoms with Gasteiger partial charge in [0.2, 0.25) is 0 Å². The SMILES string of the molecule is [2H]C([2H])([2H])c1c[c-]c(-c2ccc(C(C)(C)C)cn2)cc1.[2H]C([2H])([2H])c1ccc2c(c1)oc1c(-c3cc(-c4ccc(C5([2H])CCC(C)(C)CC5)cc4C([2H])([2H])[2H])c(C([2H])([2H])[2H])cn3)[c-]ccc12.[Ir]. The van der Waals surface area contributed by atoms with Crippen molar-refractivity contribution in [3.8, 4) is 33.6 Å². The van der Waals surface area contributed by atoms with Crippen molar-refractivity contribution in [1.29, 1.82) is 0 Å². The van der Waals surface area contributed by atoms with E-state index < -0.39 is 33.3 Å². The van der Waals surface area contributed by atoms with Crippen LogP contribution < -0.4 is 0 Å². The normalized spacial score (nSPS) is 19.5. The van der Waals surface area contributed by atoms with Gasteiger partial charge in [-0.3, -0.25) is 0 Å². The van der Waals surface area contributed by atoms with E-state index in [1.807, 2.05) is 18.3 Å². The molecule has 1 saturated carbocycles. The summed E-state index contributed by atoms with van der Waals surface area (Å²) in [7, 11) is 0. The Hall–Kier alpha value is -4.37. The number of hydrogen-bond donors (Lipinski definition) is 0. The summed E-state index contributed by atoms with van der Waals surface area (Å²) in [5, 5.41) is 1.40. The van der Waals surface area contributed by atoms with E-state index in [0.717, 1.165) is 24.1 Å². The topological polar surface area (TPSA) is 38.9 Å². The van der Waals surface area contributed by atoms with Gasteiger partial charge in [0.25, 0.3) is 0 Å². The average Bonchev–Trinajstić information content (AvgIpc) is 3.62. The molecule has 1 aliphatic rings. The third-order valence-corrected chi connectivity index (χ3v) is 10.2. The third-order valence-electron chi connectivity index (χ3n) is 10.2. The number of pyridine rings is 2. The number of fused-ring (bicyclic) bond motifs is 3. The number of hydrogen-bond acceptors (Lipinski definition) is 3. The average molecular weight is 902 g/mol. The molecule has 1 radical (unpaired) electrons. The molecule has 279 valence electrons. The molecule has 7 aromatic rings. The molecule has 0 unspecified atom stereocenters. The molecule has 0 spiro atoms. The van der Waals surface area contributed by atoms with Crippen LogP contribution in [0.25, 0.3) is 55.6 Å². The molecule has 4 heteroatoms. The van der Waals surface area contributed by atoms with Crippen molar-refractivity contribution in [1.82, 2.24) is 9.97 Å². The number of nitrogens with zero attached hydrogens (tertiary/aromatic N) is 2. The molecule has 0 aliphatic heterocycles. The summed E-state index contributed by atoms with van der Waals surface area (Å²) in [6.07, 6.45) is 6.00. The van der Waals surface area contributed by atoms with Gasteiger partial charge in [-0.25, -0.2) is 0 Å². The van der Waals surface area contributed by atoms with Gasteiger partial charge in [0.15, 0.2) is 0 Å². The Morgan fingerprint density at radius 1 is 0.759 bits per heavy atom. The van der Waals surface area contributed by atoms with E-state index in [0.29, 0.717) is 57.2 Å². The van der Waals surface area contributed by atoms with Crippen LogP contribution in [0.15, 0.2) is 102 Å². The van der Waals surface area contributed by atoms with E-state index in [9.17, 15) is 1.37 Å². The fourth-order valence-corrected chi connectivity index (χ4v) is 6.84. The summed E-state index contributed by atoms with van der Waals surface area (Å²) in [4.78, 5) is 8.91. The minimum Gasteiger partial charge on any atom is -0.501 e. The van der Waals surface area contributed by atoms with Gasteiger partial charge in [-0.2, -0.15) is 0 Å². The summed E-state index contributed by atoms with van der Waals surface area (Å²) < 4.78 is 111. The number of benzene rings is 4. The maximum atomic E-state index is 9.24. The van der Waals surface area contributed by atoms with Gasteiger partial charge in [-0.15, -0.1) is 53.6 Å². The van der Waals surface area contributed by atoms with Crippen LogP contribution in [0.5, 0.6) is 0 Å². The predicted molar refractivity (Wildman–Crippen MR) is 222 cm³/mol. The minimum atomic E-state index is -2.60. The van der Waals surface area contributed by atoms with Crippen molar-refractivity contribution in [3.63, 3.8) is 0 Å². The fourth-order valence-electron chi connectivity index (χ4n) is 6.84. The molecule has 3 nitrogen and oxygen atoms in total. The molecule has 0 amide bonds. The summed E-state index contributed by atoms with van der Waals surface area (Å²) in [5.41, 5.74) is 5.82. The zero-order chi connectivity index (χ0) is 48.4. The molecule has 4 aromatic carbocycles. The van der Waals surface area contributed by atoms with E-state index in [1.165, 1.54) is 30.0 Å². The molecule has 54 heavy (non-hydrogen) atoms. The van der Waals surface area contributed by atoms with Crippen LogP contribution in [0.2, 0.25) is 0 Å². The second kappa shape index (κ2) is 15.8. The summed E-state index contributed by atoms with van der Waals surface area (Å²) in [6, 6.07) is 29.7. The molecule has 8 rings (SSSR count). The molecular formula is C50H52IrN2O-2. The van der Waals surface area contributed by atoms with Crippen molar-refractivity contribution in [2.24, 2.45) is 5.41 Å². The largest absolute Gasteiger partial charge is 0.501 e. The van der Waals surface area contributed by atoms with E-state index >= 15 is 0 Å². The second-order valence-electron chi connectivity index (χ2n) is 15.7. The van der Waals surface area contributed by atoms with Crippen LogP contribution in [0.4, 0.5) is 0 Å². The number of furan rings is 1. The molecule has 3 heterocycles. The van der Waals surface area contributed by atoms with E-state index in [-0.39, 0.29) is 58.8 Å². The minimum absolute atomic E-state index is 0. The number of aryl methyl sites for hydroxylation is 4. The van der Waals surface area contributed by atoms with Gasteiger partial charge in [-0.05, 0) is 119 Å². The molecule has 0 N–H and O–H groups in total. The van der Waals surface area contributed by atoms with Crippen molar-refractivity contribution in [3.05, 3.63) is 143 Å². The predicted octanol–water partition coefficient (Wildman–Crippen LogP) is 13.9. The molecule has 0 bridgehead atoms. The van der Waals surface area contributed by atoms with Crippen LogP contribution in [-0.2, 0) is 25.5 Å². The molecule has 0 saturated heterocycles. The van der Waals surface area contributed by atoms with Crippen LogP contribution in [-0.4, -0.2) is 9.97 Å². The Kier molecular flexibility index (Phi) is 7.50. The second-order valence-corrected chi connectivity index (χ2v) is 15.7. The van der Waals surface area contributed by atoms with E-state index in [4.69, 9.17) is 20.9 Å². The van der Waals surface area contributed by atoms with Crippen molar-refractivity contribution >= 4 is 21.9 Å². The number of aromatic nitrogens is 2. The van der Waals surface area contributed by atoms with Gasteiger partial charge < -0.3 is 14.4 Å². The Labute approximate surface area is 354 Å². The first-order chi connectivity index (χ1) is 30.4. The van der Waals surface area contributed by atoms with Crippen molar-refractivity contribution < 1.29 is 42.3 Å². The Bertz CT molecular complexity index is 2820. The van der Waals surface area contributed by atoms with Gasteiger partial charge >= 0.3 is 0 Å². The van der Waals surface area contributed by atoms with Crippen LogP contribution in [0.3, 0.4) is 0 Å². The van der Waals surface area contributed by atoms with Crippen molar-refractivity contribution in [2.45, 2.75) is 99.0 Å². The number of rotatable bonds is 4. The summed E-state index contributed by atoms with van der Waals surface area (Å²) in [6.45, 7) is 1.19. The zero-order valence-corrected chi connectivity index (χ0v) is 33.6. The smallest absolute Gasteiger partial charge is 0.121 e. The van der Waals surface area contributed by atoms with Crippen LogP contribution in [0.1, 0.15) is 117 Å². The molecule has 0 atom stereocenters. The standard InChI is InChI=1S/C34H34NO.C16H18N.Ir/c1-21-9-11-27-28-7-6-8-29(33(28)36-32(27)17-21)31-19-30(23(3)20-35-31)26-12-10-25(18-22(26)2)24-13-15-34(4,5)16-14-24;1-12-5-7-13(8-6-12)15-10-9-14(11-17-15)16(2,3)4;/h6-7,9-12,17-20,24H,13-16H2,1-5H3;5-7,9-11H,1-4H3;/q2*-1;/i1D3,2D3,3D3,24D;1D3;. The first-order valence-electron chi connectivity index (χ1n) is 24.5.